The summed E-state index contributed by atoms with van der Waals surface area (Å²) in [6, 6.07) is 24.3. The van der Waals surface area contributed by atoms with Gasteiger partial charge in [-0.1, -0.05) is 107 Å². The van der Waals surface area contributed by atoms with Crippen molar-refractivity contribution in [3.05, 3.63) is 130 Å². The van der Waals surface area contributed by atoms with E-state index < -0.39 is 88.3 Å². The Labute approximate surface area is 482 Å². The van der Waals surface area contributed by atoms with Gasteiger partial charge in [0.05, 0.1) is 53.0 Å². The van der Waals surface area contributed by atoms with Crippen molar-refractivity contribution in [3.8, 4) is 11.1 Å². The predicted octanol–water partition coefficient (Wildman–Crippen LogP) is 12.4. The van der Waals surface area contributed by atoms with Gasteiger partial charge in [0, 0.05) is 50.0 Å². The molecule has 4 aliphatic rings. The summed E-state index contributed by atoms with van der Waals surface area (Å²) < 4.78 is 61.7. The highest BCUT2D eigenvalue weighted by Crippen LogP contribution is 2.46. The first kappa shape index (κ1) is 61.8. The van der Waals surface area contributed by atoms with E-state index in [4.69, 9.17) is 52.0 Å². The molecule has 8 rings (SSSR count). The number of carbonyl (C=O) groups is 2. The van der Waals surface area contributed by atoms with Gasteiger partial charge in [-0.05, 0) is 104 Å². The molecule has 3 aromatic carbocycles. The van der Waals surface area contributed by atoms with Crippen LogP contribution in [0.1, 0.15) is 98.3 Å². The molecular weight excluding hydrogens is 1090 g/mol. The molecule has 0 N–H and O–H groups in total. The topological polar surface area (TPSA) is 203 Å². The second-order valence-corrected chi connectivity index (χ2v) is 33.4. The monoisotopic (exact) mass is 1170 g/mol. The molecule has 22 heteroatoms. The van der Waals surface area contributed by atoms with E-state index in [9.17, 15) is 19.7 Å². The molecule has 2 fully saturated rings. The molecule has 1 aliphatic carbocycles. The maximum Gasteiger partial charge on any atom is 0.410 e. The smallest absolute Gasteiger partial charge is 0.410 e. The Morgan fingerprint density at radius 2 is 1.62 bits per heavy atom. The minimum absolute atomic E-state index is 0.0282. The number of rotatable bonds is 21. The number of para-hydroxylation sites is 1. The zero-order valence-corrected chi connectivity index (χ0v) is 51.8. The highest BCUT2D eigenvalue weighted by atomic mass is 32.2. The third-order valence-electron chi connectivity index (χ3n) is 16.6. The molecule has 0 radical (unpaired) electrons. The molecule has 4 aromatic rings. The lowest BCUT2D eigenvalue weighted by Crippen LogP contribution is -2.62. The number of nitro groups is 1. The Morgan fingerprint density at radius 3 is 2.22 bits per heavy atom. The van der Waals surface area contributed by atoms with Gasteiger partial charge in [0.1, 0.15) is 37.0 Å². The molecule has 1 aromatic heterocycles. The number of amides is 1. The number of oxime groups is 1. The number of thioether (sulfide) groups is 1. The quantitative estimate of drug-likeness (QED) is 0.0432. The van der Waals surface area contributed by atoms with Crippen molar-refractivity contribution in [1.82, 2.24) is 14.5 Å². The molecular formula is C59H81N5O14SSi2. The van der Waals surface area contributed by atoms with Crippen LogP contribution < -0.4 is 0 Å². The number of imidazole rings is 1. The van der Waals surface area contributed by atoms with Gasteiger partial charge in [0.15, 0.2) is 20.9 Å². The molecule has 19 nitrogen and oxygen atoms in total. The highest BCUT2D eigenvalue weighted by molar-refractivity contribution is 8.14. The first-order valence-electron chi connectivity index (χ1n) is 28.2. The van der Waals surface area contributed by atoms with Crippen LogP contribution in [0.2, 0.25) is 36.3 Å². The molecule has 0 bridgehead atoms. The molecule has 0 unspecified atom stereocenters. The number of ether oxygens (including phenoxy) is 7. The zero-order valence-electron chi connectivity index (χ0n) is 49.0. The van der Waals surface area contributed by atoms with Crippen molar-refractivity contribution in [1.29, 1.82) is 0 Å². The summed E-state index contributed by atoms with van der Waals surface area (Å²) in [7, 11) is -3.45. The average molecular weight is 1170 g/mol. The van der Waals surface area contributed by atoms with Gasteiger partial charge in [-0.25, -0.2) is 9.78 Å². The molecule has 4 heterocycles. The van der Waals surface area contributed by atoms with E-state index in [1.54, 1.807) is 48.7 Å². The van der Waals surface area contributed by atoms with Gasteiger partial charge >= 0.3 is 6.09 Å². The van der Waals surface area contributed by atoms with Crippen LogP contribution in [0.3, 0.4) is 0 Å². The summed E-state index contributed by atoms with van der Waals surface area (Å²) in [5.74, 6) is 0.427. The van der Waals surface area contributed by atoms with Crippen LogP contribution in [0.15, 0.2) is 109 Å². The van der Waals surface area contributed by atoms with Crippen molar-refractivity contribution in [2.24, 2.45) is 5.16 Å². The molecule has 440 valence electrons. The number of benzene rings is 3. The summed E-state index contributed by atoms with van der Waals surface area (Å²) >= 11 is 1.09. The Hall–Kier alpha value is -5.28. The number of nitrogens with zero attached hydrogens (tertiary/aromatic N) is 5. The Bertz CT molecular complexity index is 2810. The van der Waals surface area contributed by atoms with Gasteiger partial charge < -0.3 is 46.8 Å². The first-order valence-corrected chi connectivity index (χ1v) is 34.5. The van der Waals surface area contributed by atoms with Gasteiger partial charge in [0.2, 0.25) is 14.6 Å². The fourth-order valence-corrected chi connectivity index (χ4v) is 15.7. The van der Waals surface area contributed by atoms with Crippen molar-refractivity contribution < 1.29 is 61.4 Å². The minimum atomic E-state index is -2.58. The second kappa shape index (κ2) is 26.5. The molecule has 0 spiro atoms. The SMILES string of the molecule is CC[Si](CC)(CC)O[C@H]1/C(=N/O[C@H]2C=C(O[Si](C)(C)C(C)(C)C)[C@H](SC(=O)n3ccnc3)[C@@H](C)O2)[C@@H](C)O[C@@H](OCc2ccccc2[N+](=O)[O-])[C@@H]1O[C@H]1C[C@H](OC)[C@@H](N(C(=O)OCC2c3ccccc3-c3ccccc32)C(C)C)CO1. The molecule has 0 saturated carbocycles. The third-order valence-corrected chi connectivity index (χ3v) is 26.9. The van der Waals surface area contributed by atoms with Crippen LogP contribution in [0.4, 0.5) is 15.3 Å². The number of hydrogen-bond donors (Lipinski definition) is 0. The number of nitro benzene ring substituents is 1. The third kappa shape index (κ3) is 13.9. The Morgan fingerprint density at radius 1 is 0.963 bits per heavy atom. The molecule has 81 heavy (non-hydrogen) atoms. The zero-order chi connectivity index (χ0) is 58.4. The maximum absolute atomic E-state index is 14.4. The van der Waals surface area contributed by atoms with E-state index in [-0.39, 0.29) is 54.2 Å². The van der Waals surface area contributed by atoms with Crippen LogP contribution in [-0.2, 0) is 53.5 Å². The summed E-state index contributed by atoms with van der Waals surface area (Å²) in [6.07, 6.45) is -1.11. The summed E-state index contributed by atoms with van der Waals surface area (Å²) in [5.41, 5.74) is 5.09. The summed E-state index contributed by atoms with van der Waals surface area (Å²) in [4.78, 5) is 51.8. The average Bonchev–Trinajstić information content (AvgIpc) is 4.36. The van der Waals surface area contributed by atoms with Gasteiger partial charge in [-0.15, -0.1) is 0 Å². The minimum Gasteiger partial charge on any atom is -0.546 e. The standard InChI is InChI=1S/C59H81N5O14SSi2/c1-14-81(15-2,16-3)78-53-52(61-76-51-32-49(77-80(12,13)59(8,9)10)55(39(7)73-51)79-58(66)62-30-29-60-36-62)38(6)74-56(71-33-40-23-17-22-28-46(40)64(67)68)54(53)75-50-31-48(69-11)47(35-70-50)63(37(4)5)57(65)72-34-45-43-26-20-18-24-41(43)42-25-19-21-27-44(42)45/h17-30,32,36-39,45,47-48,50-51,53-56H,14-16,31,33-35H2,1-13H3/b61-52+/t38-,39-,47+,48+,50+,51+,53+,54-,55-,56-/m1/s1. The van der Waals surface area contributed by atoms with Crippen molar-refractivity contribution in [2.75, 3.05) is 20.3 Å². The summed E-state index contributed by atoms with van der Waals surface area (Å²) in [6.45, 7) is 24.6. The van der Waals surface area contributed by atoms with Crippen molar-refractivity contribution in [2.45, 2.75) is 191 Å². The van der Waals surface area contributed by atoms with Crippen LogP contribution in [0.25, 0.3) is 11.1 Å². The number of fused-ring (bicyclic) bond motifs is 3. The maximum atomic E-state index is 14.4. The second-order valence-electron chi connectivity index (χ2n) is 22.9. The molecule has 2 saturated heterocycles. The van der Waals surface area contributed by atoms with E-state index in [1.807, 2.05) is 52.0 Å². The Kier molecular flexibility index (Phi) is 20.2. The fourth-order valence-electron chi connectivity index (χ4n) is 10.8. The van der Waals surface area contributed by atoms with E-state index >= 15 is 0 Å². The van der Waals surface area contributed by atoms with Crippen molar-refractivity contribution >= 4 is 51.1 Å². The van der Waals surface area contributed by atoms with Crippen molar-refractivity contribution in [3.63, 3.8) is 0 Å². The largest absolute Gasteiger partial charge is 0.546 e. The Balaban J connectivity index is 1.09. The molecule has 3 aliphatic heterocycles. The lowest BCUT2D eigenvalue weighted by atomic mass is 9.98. The first-order chi connectivity index (χ1) is 38.6. The van der Waals surface area contributed by atoms with Crippen LogP contribution in [0.5, 0.6) is 0 Å². The molecule has 10 atom stereocenters. The van der Waals surface area contributed by atoms with Crippen LogP contribution in [-0.4, -0.2) is 140 Å². The van der Waals surface area contributed by atoms with Gasteiger partial charge in [-0.2, -0.15) is 0 Å². The summed E-state index contributed by atoms with van der Waals surface area (Å²) in [5, 5.41) is 16.1. The highest BCUT2D eigenvalue weighted by Gasteiger charge is 2.51. The van der Waals surface area contributed by atoms with E-state index in [1.165, 1.54) is 17.0 Å². The number of methoxy groups -OCH3 is 1. The normalized spacial score (nSPS) is 25.7. The lowest BCUT2D eigenvalue weighted by molar-refractivity contribution is -0.386. The van der Waals surface area contributed by atoms with E-state index in [0.717, 1.165) is 52.1 Å². The van der Waals surface area contributed by atoms with E-state index in [2.05, 4.69) is 83.9 Å². The number of carbonyl (C=O) groups excluding carboxylic acids is 2. The molecule has 1 amide bonds. The fraction of sp³-hybridized carbons (Fsp3) is 0.559. The van der Waals surface area contributed by atoms with E-state index in [0.29, 0.717) is 17.0 Å². The lowest BCUT2D eigenvalue weighted by Gasteiger charge is -2.47. The predicted molar refractivity (Wildman–Crippen MR) is 314 cm³/mol. The van der Waals surface area contributed by atoms with Crippen LogP contribution in [0, 0.1) is 10.1 Å². The van der Waals surface area contributed by atoms with Gasteiger partial charge in [0.25, 0.3) is 10.9 Å². The number of aromatic nitrogens is 2. The van der Waals surface area contributed by atoms with Crippen LogP contribution >= 0.6 is 11.8 Å². The number of hydrogen-bond acceptors (Lipinski definition) is 17. The van der Waals surface area contributed by atoms with Gasteiger partial charge in [-0.3, -0.25) is 24.4 Å².